The first-order valence-electron chi connectivity index (χ1n) is 6.03. The summed E-state index contributed by atoms with van der Waals surface area (Å²) in [6, 6.07) is 8.58. The van der Waals surface area contributed by atoms with Crippen molar-refractivity contribution in [2.24, 2.45) is 0 Å². The van der Waals surface area contributed by atoms with E-state index in [0.717, 1.165) is 18.7 Å². The molecule has 4 nitrogen and oxygen atoms in total. The second-order valence-corrected chi connectivity index (χ2v) is 4.48. The lowest BCUT2D eigenvalue weighted by molar-refractivity contribution is -0.119. The second kappa shape index (κ2) is 5.19. The summed E-state index contributed by atoms with van der Waals surface area (Å²) in [6.07, 6.45) is 1.60. The average Bonchev–Trinajstić information content (AvgIpc) is 2.66. The van der Waals surface area contributed by atoms with Gasteiger partial charge in [0.2, 0.25) is 5.91 Å². The maximum absolute atomic E-state index is 11.3. The number of rotatable bonds is 4. The fourth-order valence-corrected chi connectivity index (χ4v) is 2.06. The van der Waals surface area contributed by atoms with Crippen LogP contribution in [0.4, 0.5) is 5.69 Å². The number of carbonyl (C=O) groups excluding carboxylic acids is 1. The van der Waals surface area contributed by atoms with E-state index >= 15 is 0 Å². The van der Waals surface area contributed by atoms with Crippen molar-refractivity contribution >= 4 is 11.6 Å². The molecule has 92 valence electrons. The monoisotopic (exact) mass is 233 g/mol. The van der Waals surface area contributed by atoms with Crippen molar-refractivity contribution in [1.82, 2.24) is 10.7 Å². The topological polar surface area (TPSA) is 44.4 Å². The van der Waals surface area contributed by atoms with Gasteiger partial charge in [0, 0.05) is 0 Å². The molecule has 1 heterocycles. The van der Waals surface area contributed by atoms with Crippen LogP contribution in [0, 0.1) is 0 Å². The van der Waals surface area contributed by atoms with Gasteiger partial charge in [-0.3, -0.25) is 15.2 Å². The fraction of sp³-hybridized carbons (Fsp3) is 0.462. The summed E-state index contributed by atoms with van der Waals surface area (Å²) in [5, 5.41) is 5.07. The molecule has 17 heavy (non-hydrogen) atoms. The largest absolute Gasteiger partial charge is 0.319 e. The standard InChI is InChI=1S/C13H19N3O/c1-10-9-13(17)15-16(10)12-5-3-11(4-6-12)7-8-14-2/h3-6,10,14H,7-9H2,1-2H3,(H,15,17). The highest BCUT2D eigenvalue weighted by Crippen LogP contribution is 2.21. The number of anilines is 1. The van der Waals surface area contributed by atoms with Crippen molar-refractivity contribution in [2.45, 2.75) is 25.8 Å². The van der Waals surface area contributed by atoms with Gasteiger partial charge in [0.15, 0.2) is 0 Å². The molecule has 0 aliphatic carbocycles. The molecule has 1 unspecified atom stereocenters. The van der Waals surface area contributed by atoms with Crippen molar-refractivity contribution in [1.29, 1.82) is 0 Å². The Kier molecular flexibility index (Phi) is 3.64. The molecule has 0 bridgehead atoms. The van der Waals surface area contributed by atoms with Crippen molar-refractivity contribution in [3.8, 4) is 0 Å². The van der Waals surface area contributed by atoms with Crippen molar-refractivity contribution < 1.29 is 4.79 Å². The first kappa shape index (κ1) is 11.9. The minimum atomic E-state index is 0.0942. The van der Waals surface area contributed by atoms with Gasteiger partial charge in [-0.25, -0.2) is 0 Å². The third-order valence-electron chi connectivity index (χ3n) is 3.04. The fourth-order valence-electron chi connectivity index (χ4n) is 2.06. The third-order valence-corrected chi connectivity index (χ3v) is 3.04. The number of hydrogen-bond acceptors (Lipinski definition) is 3. The molecule has 1 saturated heterocycles. The summed E-state index contributed by atoms with van der Waals surface area (Å²) >= 11 is 0. The molecule has 1 aromatic rings. The molecule has 2 rings (SSSR count). The van der Waals surface area contributed by atoms with E-state index in [1.807, 2.05) is 19.0 Å². The number of nitrogens with zero attached hydrogens (tertiary/aromatic N) is 1. The van der Waals surface area contributed by atoms with Gasteiger partial charge in [-0.15, -0.1) is 0 Å². The lowest BCUT2D eigenvalue weighted by Crippen LogP contribution is -2.36. The Balaban J connectivity index is 2.05. The summed E-state index contributed by atoms with van der Waals surface area (Å²) in [5.41, 5.74) is 5.22. The van der Waals surface area contributed by atoms with E-state index in [1.54, 1.807) is 0 Å². The van der Waals surface area contributed by atoms with Crippen LogP contribution in [-0.2, 0) is 11.2 Å². The zero-order valence-electron chi connectivity index (χ0n) is 10.4. The highest BCUT2D eigenvalue weighted by Gasteiger charge is 2.26. The van der Waals surface area contributed by atoms with Crippen molar-refractivity contribution in [3.63, 3.8) is 0 Å². The molecule has 1 aromatic carbocycles. The minimum Gasteiger partial charge on any atom is -0.319 e. The van der Waals surface area contributed by atoms with Crippen molar-refractivity contribution in [2.75, 3.05) is 18.6 Å². The van der Waals surface area contributed by atoms with E-state index in [0.29, 0.717) is 6.42 Å². The van der Waals surface area contributed by atoms with Gasteiger partial charge in [0.25, 0.3) is 0 Å². The zero-order valence-corrected chi connectivity index (χ0v) is 10.4. The Morgan fingerprint density at radius 2 is 2.12 bits per heavy atom. The highest BCUT2D eigenvalue weighted by atomic mass is 16.2. The molecule has 0 saturated carbocycles. The second-order valence-electron chi connectivity index (χ2n) is 4.48. The summed E-state index contributed by atoms with van der Waals surface area (Å²) in [5.74, 6) is 0.0942. The highest BCUT2D eigenvalue weighted by molar-refractivity contribution is 5.82. The number of likely N-dealkylation sites (N-methyl/N-ethyl adjacent to an activating group) is 1. The Bertz CT molecular complexity index is 388. The van der Waals surface area contributed by atoms with Crippen LogP contribution in [0.15, 0.2) is 24.3 Å². The number of nitrogens with one attached hydrogen (secondary N) is 2. The zero-order chi connectivity index (χ0) is 12.3. The molecule has 1 aliphatic rings. The van der Waals surface area contributed by atoms with Crippen LogP contribution in [0.1, 0.15) is 18.9 Å². The molecule has 1 atom stereocenters. The van der Waals surface area contributed by atoms with E-state index in [9.17, 15) is 4.79 Å². The molecule has 4 heteroatoms. The quantitative estimate of drug-likeness (QED) is 0.818. The molecule has 1 aliphatic heterocycles. The smallest absolute Gasteiger partial charge is 0.240 e. The van der Waals surface area contributed by atoms with Gasteiger partial charge < -0.3 is 5.32 Å². The predicted molar refractivity (Wildman–Crippen MR) is 68.8 cm³/mol. The lowest BCUT2D eigenvalue weighted by atomic mass is 10.1. The lowest BCUT2D eigenvalue weighted by Gasteiger charge is -2.22. The van der Waals surface area contributed by atoms with Crippen LogP contribution >= 0.6 is 0 Å². The number of amides is 1. The summed E-state index contributed by atoms with van der Waals surface area (Å²) in [6.45, 7) is 3.03. The SMILES string of the molecule is CNCCc1ccc(N2NC(=O)CC2C)cc1. The molecule has 2 N–H and O–H groups in total. The molecular weight excluding hydrogens is 214 g/mol. The normalized spacial score (nSPS) is 19.5. The van der Waals surface area contributed by atoms with E-state index in [1.165, 1.54) is 5.56 Å². The molecule has 1 amide bonds. The number of carbonyl (C=O) groups is 1. The van der Waals surface area contributed by atoms with E-state index < -0.39 is 0 Å². The van der Waals surface area contributed by atoms with Crippen LogP contribution in [-0.4, -0.2) is 25.5 Å². The van der Waals surface area contributed by atoms with Gasteiger partial charge in [-0.05, 0) is 44.6 Å². The molecule has 1 fully saturated rings. The maximum Gasteiger partial charge on any atom is 0.240 e. The first-order chi connectivity index (χ1) is 8.20. The molecular formula is C13H19N3O. The summed E-state index contributed by atoms with van der Waals surface area (Å²) < 4.78 is 0. The van der Waals surface area contributed by atoms with Crippen LogP contribution in [0.25, 0.3) is 0 Å². The van der Waals surface area contributed by atoms with E-state index in [-0.39, 0.29) is 11.9 Å². The number of benzene rings is 1. The predicted octanol–water partition coefficient (Wildman–Crippen LogP) is 1.08. The van der Waals surface area contributed by atoms with Gasteiger partial charge in [-0.1, -0.05) is 12.1 Å². The molecule has 0 radical (unpaired) electrons. The Labute approximate surface area is 102 Å². The van der Waals surface area contributed by atoms with Gasteiger partial charge >= 0.3 is 0 Å². The van der Waals surface area contributed by atoms with Crippen LogP contribution in [0.2, 0.25) is 0 Å². The number of hydrogen-bond donors (Lipinski definition) is 2. The van der Waals surface area contributed by atoms with Gasteiger partial charge in [-0.2, -0.15) is 0 Å². The van der Waals surface area contributed by atoms with E-state index in [4.69, 9.17) is 0 Å². The summed E-state index contributed by atoms with van der Waals surface area (Å²) in [4.78, 5) is 11.3. The van der Waals surface area contributed by atoms with Gasteiger partial charge in [0.05, 0.1) is 18.2 Å². The third kappa shape index (κ3) is 2.77. The average molecular weight is 233 g/mol. The number of hydrazine groups is 1. The summed E-state index contributed by atoms with van der Waals surface area (Å²) in [7, 11) is 1.95. The maximum atomic E-state index is 11.3. The van der Waals surface area contributed by atoms with Crippen molar-refractivity contribution in [3.05, 3.63) is 29.8 Å². The van der Waals surface area contributed by atoms with Crippen LogP contribution in [0.5, 0.6) is 0 Å². The minimum absolute atomic E-state index is 0.0942. The Hall–Kier alpha value is -1.55. The molecule has 0 aromatic heterocycles. The molecule has 0 spiro atoms. The first-order valence-corrected chi connectivity index (χ1v) is 6.03. The Morgan fingerprint density at radius 1 is 1.41 bits per heavy atom. The van der Waals surface area contributed by atoms with E-state index in [2.05, 4.69) is 35.0 Å². The van der Waals surface area contributed by atoms with Crippen LogP contribution < -0.4 is 15.8 Å². The van der Waals surface area contributed by atoms with Crippen LogP contribution in [0.3, 0.4) is 0 Å². The Morgan fingerprint density at radius 3 is 2.65 bits per heavy atom. The van der Waals surface area contributed by atoms with Gasteiger partial charge in [0.1, 0.15) is 0 Å².